The van der Waals surface area contributed by atoms with Crippen LogP contribution in [0.2, 0.25) is 0 Å². The van der Waals surface area contributed by atoms with E-state index in [9.17, 15) is 4.79 Å². The number of aryl methyl sites for hydroxylation is 3. The van der Waals surface area contributed by atoms with E-state index in [1.54, 1.807) is 4.52 Å². The van der Waals surface area contributed by atoms with Crippen LogP contribution in [0.5, 0.6) is 0 Å². The summed E-state index contributed by atoms with van der Waals surface area (Å²) in [5.41, 5.74) is 2.84. The molecular weight excluding hydrogens is 326 g/mol. The summed E-state index contributed by atoms with van der Waals surface area (Å²) in [6.45, 7) is 6.43. The molecule has 3 heterocycles. The highest BCUT2D eigenvalue weighted by Gasteiger charge is 2.10. The molecule has 9 heteroatoms. The second-order valence-electron chi connectivity index (χ2n) is 5.56. The van der Waals surface area contributed by atoms with Crippen molar-refractivity contribution < 1.29 is 4.79 Å². The highest BCUT2D eigenvalue weighted by atomic mass is 32.1. The van der Waals surface area contributed by atoms with Crippen molar-refractivity contribution in [3.05, 3.63) is 28.5 Å². The number of fused-ring (bicyclic) bond motifs is 1. The Bertz CT molecular complexity index is 850. The van der Waals surface area contributed by atoms with E-state index >= 15 is 0 Å². The highest BCUT2D eigenvalue weighted by molar-refractivity contribution is 7.15. The van der Waals surface area contributed by atoms with Gasteiger partial charge in [0, 0.05) is 29.7 Å². The van der Waals surface area contributed by atoms with E-state index in [0.717, 1.165) is 22.0 Å². The molecule has 0 fully saturated rings. The number of amides is 1. The number of hydrogen-bond acceptors (Lipinski definition) is 7. The summed E-state index contributed by atoms with van der Waals surface area (Å²) in [7, 11) is 0. The van der Waals surface area contributed by atoms with Gasteiger partial charge in [-0.15, -0.1) is 16.4 Å². The maximum absolute atomic E-state index is 12.0. The maximum Gasteiger partial charge on any atom is 0.250 e. The van der Waals surface area contributed by atoms with Crippen LogP contribution in [0.3, 0.4) is 0 Å². The van der Waals surface area contributed by atoms with E-state index in [0.29, 0.717) is 31.3 Å². The van der Waals surface area contributed by atoms with Gasteiger partial charge in [-0.2, -0.15) is 4.98 Å². The Hall–Kier alpha value is -2.55. The first-order valence-electron chi connectivity index (χ1n) is 7.68. The number of nitrogens with one attached hydrogen (secondary N) is 2. The molecule has 0 aromatic carbocycles. The largest absolute Gasteiger partial charge is 0.354 e. The van der Waals surface area contributed by atoms with Crippen LogP contribution < -0.4 is 10.6 Å². The normalized spacial score (nSPS) is 11.0. The van der Waals surface area contributed by atoms with Crippen LogP contribution in [-0.4, -0.2) is 37.0 Å². The molecule has 0 bridgehead atoms. The third-order valence-electron chi connectivity index (χ3n) is 3.34. The lowest BCUT2D eigenvalue weighted by Crippen LogP contribution is -2.15. The van der Waals surface area contributed by atoms with E-state index in [1.165, 1.54) is 11.3 Å². The van der Waals surface area contributed by atoms with Gasteiger partial charge >= 0.3 is 0 Å². The molecule has 8 nitrogen and oxygen atoms in total. The van der Waals surface area contributed by atoms with Crippen LogP contribution in [-0.2, 0) is 4.79 Å². The Morgan fingerprint density at radius 1 is 1.17 bits per heavy atom. The lowest BCUT2D eigenvalue weighted by atomic mass is 10.3. The monoisotopic (exact) mass is 345 g/mol. The predicted octanol–water partition coefficient (Wildman–Crippen LogP) is 2.34. The molecule has 0 aliphatic rings. The summed E-state index contributed by atoms with van der Waals surface area (Å²) in [6, 6.07) is 1.92. The van der Waals surface area contributed by atoms with E-state index < -0.39 is 0 Å². The molecule has 3 aromatic rings. The van der Waals surface area contributed by atoms with Gasteiger partial charge in [0.2, 0.25) is 22.8 Å². The van der Waals surface area contributed by atoms with Gasteiger partial charge in [0.1, 0.15) is 0 Å². The Morgan fingerprint density at radius 2 is 1.92 bits per heavy atom. The number of thiazole rings is 1. The van der Waals surface area contributed by atoms with Crippen molar-refractivity contribution in [2.24, 2.45) is 0 Å². The van der Waals surface area contributed by atoms with Crippen LogP contribution >= 0.6 is 11.3 Å². The van der Waals surface area contributed by atoms with E-state index in [4.69, 9.17) is 0 Å². The van der Waals surface area contributed by atoms with Crippen LogP contribution in [0, 0.1) is 20.8 Å². The smallest absolute Gasteiger partial charge is 0.250 e. The Balaban J connectivity index is 1.45. The quantitative estimate of drug-likeness (QED) is 0.666. The van der Waals surface area contributed by atoms with Crippen molar-refractivity contribution in [1.29, 1.82) is 0 Å². The molecule has 3 aromatic heterocycles. The predicted molar refractivity (Wildman–Crippen MR) is 93.5 cm³/mol. The van der Waals surface area contributed by atoms with Crippen LogP contribution in [0.1, 0.15) is 29.9 Å². The lowest BCUT2D eigenvalue weighted by molar-refractivity contribution is -0.116. The van der Waals surface area contributed by atoms with Gasteiger partial charge in [0.25, 0.3) is 0 Å². The summed E-state index contributed by atoms with van der Waals surface area (Å²) in [6.07, 6.45) is 1.05. The molecule has 1 amide bonds. The standard InChI is InChI=1S/C15H19N7OS/c1-9-7-10(2)18-13(17-9)16-6-4-5-12(23)19-14-20-15-22(21-14)11(3)8-24-15/h7-8H,4-6H2,1-3H3,(H,16,17,18)(H,19,21,23). The van der Waals surface area contributed by atoms with E-state index in [1.807, 2.05) is 32.2 Å². The van der Waals surface area contributed by atoms with Gasteiger partial charge in [0.15, 0.2) is 0 Å². The fourth-order valence-corrected chi connectivity index (χ4v) is 3.09. The summed E-state index contributed by atoms with van der Waals surface area (Å²) in [4.78, 5) is 25.6. The molecule has 0 atom stereocenters. The average Bonchev–Trinajstić information content (AvgIpc) is 3.05. The number of nitrogens with zero attached hydrogens (tertiary/aromatic N) is 5. The Morgan fingerprint density at radius 3 is 2.62 bits per heavy atom. The zero-order valence-corrected chi connectivity index (χ0v) is 14.6. The molecule has 0 aliphatic carbocycles. The lowest BCUT2D eigenvalue weighted by Gasteiger charge is -2.06. The molecular formula is C15H19N7OS. The summed E-state index contributed by atoms with van der Waals surface area (Å²) in [5.74, 6) is 0.842. The van der Waals surface area contributed by atoms with Gasteiger partial charge in [0.05, 0.1) is 5.69 Å². The van der Waals surface area contributed by atoms with Crippen molar-refractivity contribution >= 4 is 34.1 Å². The molecule has 0 unspecified atom stereocenters. The van der Waals surface area contributed by atoms with E-state index in [2.05, 4.69) is 30.7 Å². The minimum atomic E-state index is -0.103. The minimum Gasteiger partial charge on any atom is -0.354 e. The SMILES string of the molecule is Cc1cc(C)nc(NCCCC(=O)Nc2nc3scc(C)n3n2)n1. The zero-order chi connectivity index (χ0) is 17.1. The zero-order valence-electron chi connectivity index (χ0n) is 13.8. The second-order valence-corrected chi connectivity index (χ2v) is 6.40. The van der Waals surface area contributed by atoms with Gasteiger partial charge in [-0.3, -0.25) is 10.1 Å². The molecule has 126 valence electrons. The Labute approximate surface area is 143 Å². The third kappa shape index (κ3) is 3.85. The highest BCUT2D eigenvalue weighted by Crippen LogP contribution is 2.15. The molecule has 0 saturated heterocycles. The Kier molecular flexibility index (Phi) is 4.70. The summed E-state index contributed by atoms with van der Waals surface area (Å²) >= 11 is 1.50. The number of hydrogen-bond donors (Lipinski definition) is 2. The summed E-state index contributed by atoms with van der Waals surface area (Å²) < 4.78 is 1.72. The number of aromatic nitrogens is 5. The van der Waals surface area contributed by atoms with Crippen LogP contribution in [0.25, 0.3) is 4.96 Å². The first kappa shape index (κ1) is 16.3. The first-order chi connectivity index (χ1) is 11.5. The van der Waals surface area contributed by atoms with Gasteiger partial charge in [-0.05, 0) is 33.3 Å². The van der Waals surface area contributed by atoms with Crippen molar-refractivity contribution in [2.45, 2.75) is 33.6 Å². The average molecular weight is 345 g/mol. The molecule has 0 spiro atoms. The molecule has 2 N–H and O–H groups in total. The van der Waals surface area contributed by atoms with Crippen molar-refractivity contribution in [3.63, 3.8) is 0 Å². The summed E-state index contributed by atoms with van der Waals surface area (Å²) in [5, 5.41) is 12.1. The van der Waals surface area contributed by atoms with Crippen molar-refractivity contribution in [1.82, 2.24) is 24.6 Å². The van der Waals surface area contributed by atoms with Gasteiger partial charge < -0.3 is 5.32 Å². The van der Waals surface area contributed by atoms with Gasteiger partial charge in [-0.25, -0.2) is 14.5 Å². The molecule has 3 rings (SSSR count). The number of anilines is 2. The van der Waals surface area contributed by atoms with E-state index in [-0.39, 0.29) is 5.91 Å². The van der Waals surface area contributed by atoms with Crippen LogP contribution in [0.15, 0.2) is 11.4 Å². The maximum atomic E-state index is 12.0. The number of carbonyl (C=O) groups is 1. The van der Waals surface area contributed by atoms with Crippen molar-refractivity contribution in [2.75, 3.05) is 17.2 Å². The topological polar surface area (TPSA) is 97.1 Å². The van der Waals surface area contributed by atoms with Gasteiger partial charge in [-0.1, -0.05) is 0 Å². The number of carbonyl (C=O) groups excluding carboxylic acids is 1. The second kappa shape index (κ2) is 6.91. The molecule has 0 radical (unpaired) electrons. The third-order valence-corrected chi connectivity index (χ3v) is 4.28. The molecule has 24 heavy (non-hydrogen) atoms. The fraction of sp³-hybridized carbons (Fsp3) is 0.400. The number of rotatable bonds is 6. The first-order valence-corrected chi connectivity index (χ1v) is 8.56. The minimum absolute atomic E-state index is 0.103. The fourth-order valence-electron chi connectivity index (χ4n) is 2.29. The molecule has 0 saturated carbocycles. The van der Waals surface area contributed by atoms with Crippen LogP contribution in [0.4, 0.5) is 11.9 Å². The molecule has 0 aliphatic heterocycles. The van der Waals surface area contributed by atoms with Crippen molar-refractivity contribution in [3.8, 4) is 0 Å².